The Morgan fingerprint density at radius 1 is 1.25 bits per heavy atom. The van der Waals surface area contributed by atoms with Gasteiger partial charge in [-0.05, 0) is 43.7 Å². The minimum absolute atomic E-state index is 0.373. The molecule has 1 aromatic carbocycles. The molecule has 4 heteroatoms. The third-order valence-electron chi connectivity index (χ3n) is 4.16. The van der Waals surface area contributed by atoms with Gasteiger partial charge < -0.3 is 11.1 Å². The highest BCUT2D eigenvalue weighted by Gasteiger charge is 2.18. The molecule has 0 atom stereocenters. The van der Waals surface area contributed by atoms with Crippen LogP contribution < -0.4 is 11.1 Å². The van der Waals surface area contributed by atoms with Crippen molar-refractivity contribution in [2.75, 3.05) is 5.32 Å². The Morgan fingerprint density at radius 3 is 2.80 bits per heavy atom. The quantitative estimate of drug-likeness (QED) is 0.900. The van der Waals surface area contributed by atoms with Crippen LogP contribution in [0.25, 0.3) is 10.9 Å². The molecule has 0 aliphatic heterocycles. The summed E-state index contributed by atoms with van der Waals surface area (Å²) in [6.45, 7) is 2.16. The summed E-state index contributed by atoms with van der Waals surface area (Å²) in [4.78, 5) is 9.07. The fourth-order valence-corrected chi connectivity index (χ4v) is 2.80. The second-order valence-electron chi connectivity index (χ2n) is 5.70. The average molecular weight is 270 g/mol. The third kappa shape index (κ3) is 2.90. The summed E-state index contributed by atoms with van der Waals surface area (Å²) in [7, 11) is 0. The molecular formula is C16H22N4. The first kappa shape index (κ1) is 13.3. The van der Waals surface area contributed by atoms with Gasteiger partial charge in [0.25, 0.3) is 0 Å². The predicted octanol–water partition coefficient (Wildman–Crippen LogP) is 2.87. The van der Waals surface area contributed by atoms with E-state index in [1.54, 1.807) is 0 Å². The molecule has 1 fully saturated rings. The van der Waals surface area contributed by atoms with Crippen LogP contribution in [0.4, 0.5) is 5.95 Å². The molecule has 0 bridgehead atoms. The van der Waals surface area contributed by atoms with Crippen LogP contribution in [0, 0.1) is 0 Å². The standard InChI is InChI=1S/C16H22N4/c1-2-11-3-4-12-10-18-16(20-15(12)9-11)19-14-7-5-13(17)6-8-14/h3-4,9-10,13-14H,2,5-8,17H2,1H3,(H,18,19,20). The van der Waals surface area contributed by atoms with Gasteiger partial charge in [0.05, 0.1) is 5.52 Å². The summed E-state index contributed by atoms with van der Waals surface area (Å²) in [5, 5.41) is 4.55. The molecule has 4 nitrogen and oxygen atoms in total. The summed E-state index contributed by atoms with van der Waals surface area (Å²) < 4.78 is 0. The zero-order valence-corrected chi connectivity index (χ0v) is 12.0. The number of nitrogens with zero attached hydrogens (tertiary/aromatic N) is 2. The Labute approximate surface area is 119 Å². The van der Waals surface area contributed by atoms with Crippen LogP contribution in [0.5, 0.6) is 0 Å². The number of nitrogens with two attached hydrogens (primary N) is 1. The Hall–Kier alpha value is -1.68. The number of hydrogen-bond donors (Lipinski definition) is 2. The van der Waals surface area contributed by atoms with Crippen molar-refractivity contribution in [3.05, 3.63) is 30.0 Å². The fraction of sp³-hybridized carbons (Fsp3) is 0.500. The smallest absolute Gasteiger partial charge is 0.223 e. The molecule has 0 spiro atoms. The largest absolute Gasteiger partial charge is 0.351 e. The lowest BCUT2D eigenvalue weighted by Gasteiger charge is -2.26. The Morgan fingerprint density at radius 2 is 2.05 bits per heavy atom. The SMILES string of the molecule is CCc1ccc2cnc(NC3CCC(N)CC3)nc2c1. The third-order valence-corrected chi connectivity index (χ3v) is 4.16. The van der Waals surface area contributed by atoms with E-state index < -0.39 is 0 Å². The Bertz CT molecular complexity index is 588. The van der Waals surface area contributed by atoms with Gasteiger partial charge in [-0.15, -0.1) is 0 Å². The van der Waals surface area contributed by atoms with Crippen LogP contribution in [0.15, 0.2) is 24.4 Å². The highest BCUT2D eigenvalue weighted by Crippen LogP contribution is 2.21. The van der Waals surface area contributed by atoms with Crippen molar-refractivity contribution in [1.82, 2.24) is 9.97 Å². The van der Waals surface area contributed by atoms with E-state index in [0.29, 0.717) is 12.1 Å². The van der Waals surface area contributed by atoms with Crippen LogP contribution >= 0.6 is 0 Å². The first-order valence-electron chi connectivity index (χ1n) is 7.52. The normalized spacial score (nSPS) is 22.9. The number of hydrogen-bond acceptors (Lipinski definition) is 4. The van der Waals surface area contributed by atoms with Crippen molar-refractivity contribution in [3.8, 4) is 0 Å². The molecule has 1 aliphatic rings. The minimum atomic E-state index is 0.373. The summed E-state index contributed by atoms with van der Waals surface area (Å²) in [5.41, 5.74) is 8.27. The van der Waals surface area contributed by atoms with Crippen molar-refractivity contribution in [1.29, 1.82) is 0 Å². The van der Waals surface area contributed by atoms with Gasteiger partial charge in [0.15, 0.2) is 0 Å². The van der Waals surface area contributed by atoms with Gasteiger partial charge in [-0.2, -0.15) is 0 Å². The van der Waals surface area contributed by atoms with Crippen LogP contribution in [0.2, 0.25) is 0 Å². The summed E-state index contributed by atoms with van der Waals surface area (Å²) in [6, 6.07) is 7.22. The van der Waals surface area contributed by atoms with Crippen LogP contribution in [-0.2, 0) is 6.42 Å². The topological polar surface area (TPSA) is 63.8 Å². The molecule has 0 radical (unpaired) electrons. The van der Waals surface area contributed by atoms with Gasteiger partial charge in [0.1, 0.15) is 0 Å². The van der Waals surface area contributed by atoms with Crippen molar-refractivity contribution in [2.45, 2.75) is 51.1 Å². The monoisotopic (exact) mass is 270 g/mol. The first-order chi connectivity index (χ1) is 9.74. The highest BCUT2D eigenvalue weighted by atomic mass is 15.1. The average Bonchev–Trinajstić information content (AvgIpc) is 2.49. The van der Waals surface area contributed by atoms with E-state index in [9.17, 15) is 0 Å². The summed E-state index contributed by atoms with van der Waals surface area (Å²) in [6.07, 6.45) is 7.33. The van der Waals surface area contributed by atoms with Crippen molar-refractivity contribution in [2.24, 2.45) is 5.73 Å². The molecule has 1 aliphatic carbocycles. The van der Waals surface area contributed by atoms with Crippen molar-refractivity contribution >= 4 is 16.9 Å². The molecule has 0 saturated heterocycles. The van der Waals surface area contributed by atoms with E-state index in [1.807, 2.05) is 6.20 Å². The lowest BCUT2D eigenvalue weighted by molar-refractivity contribution is 0.410. The number of aryl methyl sites for hydroxylation is 1. The van der Waals surface area contributed by atoms with Crippen molar-refractivity contribution in [3.63, 3.8) is 0 Å². The zero-order valence-electron chi connectivity index (χ0n) is 12.0. The first-order valence-corrected chi connectivity index (χ1v) is 7.52. The van der Waals surface area contributed by atoms with E-state index in [0.717, 1.165) is 49.0 Å². The number of nitrogens with one attached hydrogen (secondary N) is 1. The lowest BCUT2D eigenvalue weighted by atomic mass is 9.92. The molecule has 2 aromatic rings. The van der Waals surface area contributed by atoms with Gasteiger partial charge >= 0.3 is 0 Å². The molecule has 1 saturated carbocycles. The highest BCUT2D eigenvalue weighted by molar-refractivity contribution is 5.79. The molecule has 1 aromatic heterocycles. The van der Waals surface area contributed by atoms with Crippen molar-refractivity contribution < 1.29 is 0 Å². The van der Waals surface area contributed by atoms with Gasteiger partial charge in [-0.1, -0.05) is 19.1 Å². The number of fused-ring (bicyclic) bond motifs is 1. The van der Waals surface area contributed by atoms with Crippen LogP contribution in [0.1, 0.15) is 38.2 Å². The lowest BCUT2D eigenvalue weighted by Crippen LogP contribution is -2.33. The number of benzene rings is 1. The van der Waals surface area contributed by atoms with Crippen LogP contribution in [0.3, 0.4) is 0 Å². The molecule has 1 heterocycles. The zero-order chi connectivity index (χ0) is 13.9. The van der Waals surface area contributed by atoms with Gasteiger partial charge in [0.2, 0.25) is 5.95 Å². The van der Waals surface area contributed by atoms with E-state index in [-0.39, 0.29) is 0 Å². The van der Waals surface area contributed by atoms with Crippen LogP contribution in [-0.4, -0.2) is 22.1 Å². The molecule has 3 rings (SSSR count). The maximum absolute atomic E-state index is 5.94. The van der Waals surface area contributed by atoms with Gasteiger partial charge in [0, 0.05) is 23.7 Å². The van der Waals surface area contributed by atoms with Gasteiger partial charge in [-0.25, -0.2) is 9.97 Å². The number of anilines is 1. The maximum atomic E-state index is 5.94. The summed E-state index contributed by atoms with van der Waals surface area (Å²) in [5.74, 6) is 0.742. The number of rotatable bonds is 3. The molecule has 0 amide bonds. The maximum Gasteiger partial charge on any atom is 0.223 e. The summed E-state index contributed by atoms with van der Waals surface area (Å²) >= 11 is 0. The van der Waals surface area contributed by atoms with E-state index in [4.69, 9.17) is 5.73 Å². The van der Waals surface area contributed by atoms with E-state index in [1.165, 1.54) is 5.56 Å². The number of aromatic nitrogens is 2. The molecule has 20 heavy (non-hydrogen) atoms. The van der Waals surface area contributed by atoms with E-state index >= 15 is 0 Å². The molecule has 3 N–H and O–H groups in total. The Balaban J connectivity index is 1.78. The molecule has 0 unspecified atom stereocenters. The Kier molecular flexibility index (Phi) is 3.83. The van der Waals surface area contributed by atoms with Gasteiger partial charge in [-0.3, -0.25) is 0 Å². The fourth-order valence-electron chi connectivity index (χ4n) is 2.80. The second-order valence-corrected chi connectivity index (χ2v) is 5.70. The van der Waals surface area contributed by atoms with E-state index in [2.05, 4.69) is 40.4 Å². The minimum Gasteiger partial charge on any atom is -0.351 e. The molecule has 106 valence electrons. The second kappa shape index (κ2) is 5.75. The molecular weight excluding hydrogens is 248 g/mol. The predicted molar refractivity (Wildman–Crippen MR) is 82.8 cm³/mol.